The van der Waals surface area contributed by atoms with E-state index in [2.05, 4.69) is 28.1 Å². The van der Waals surface area contributed by atoms with E-state index < -0.39 is 35.8 Å². The van der Waals surface area contributed by atoms with Crippen molar-refractivity contribution >= 4 is 29.5 Å². The van der Waals surface area contributed by atoms with Crippen molar-refractivity contribution in [2.75, 3.05) is 19.6 Å². The summed E-state index contributed by atoms with van der Waals surface area (Å²) < 4.78 is 5.96. The van der Waals surface area contributed by atoms with Gasteiger partial charge in [-0.1, -0.05) is 50.2 Å². The molecule has 7 rings (SSSR count). The van der Waals surface area contributed by atoms with E-state index >= 15 is 0 Å². The van der Waals surface area contributed by atoms with Gasteiger partial charge in [-0.25, -0.2) is 0 Å². The lowest BCUT2D eigenvalue weighted by molar-refractivity contribution is -0.143. The fourth-order valence-corrected chi connectivity index (χ4v) is 6.95. The number of phenols is 1. The number of hydrogen-bond acceptors (Lipinski definition) is 7. The molecule has 268 valence electrons. The first-order chi connectivity index (χ1) is 24.5. The van der Waals surface area contributed by atoms with Crippen molar-refractivity contribution in [2.24, 2.45) is 11.8 Å². The number of carbonyl (C=O) groups excluding carboxylic acids is 5. The van der Waals surface area contributed by atoms with Crippen LogP contribution in [0.5, 0.6) is 17.2 Å². The topological polar surface area (TPSA) is 157 Å². The summed E-state index contributed by atoms with van der Waals surface area (Å²) in [4.78, 5) is 71.3. The average molecular weight is 696 g/mol. The Hall–Kier alpha value is -5.39. The van der Waals surface area contributed by atoms with Gasteiger partial charge in [-0.3, -0.25) is 24.0 Å². The van der Waals surface area contributed by atoms with Gasteiger partial charge in [0.1, 0.15) is 35.4 Å². The third kappa shape index (κ3) is 8.16. The zero-order valence-corrected chi connectivity index (χ0v) is 29.2. The number of hydrogen-bond donors (Lipinski definition) is 4. The number of amides is 5. The van der Waals surface area contributed by atoms with Crippen LogP contribution >= 0.6 is 0 Å². The molecule has 5 amide bonds. The highest BCUT2D eigenvalue weighted by Gasteiger charge is 2.35. The first kappa shape index (κ1) is 35.4. The highest BCUT2D eigenvalue weighted by Crippen LogP contribution is 2.29. The van der Waals surface area contributed by atoms with Gasteiger partial charge >= 0.3 is 0 Å². The molecule has 3 atom stereocenters. The number of nitrogens with one attached hydrogen (secondary N) is 3. The Balaban J connectivity index is 1.18. The van der Waals surface area contributed by atoms with E-state index in [9.17, 15) is 29.1 Å². The van der Waals surface area contributed by atoms with Crippen LogP contribution in [0.3, 0.4) is 0 Å². The van der Waals surface area contributed by atoms with E-state index in [1.165, 1.54) is 36.2 Å². The van der Waals surface area contributed by atoms with Gasteiger partial charge in [0.2, 0.25) is 23.6 Å². The van der Waals surface area contributed by atoms with Crippen molar-refractivity contribution in [3.63, 3.8) is 0 Å². The smallest absolute Gasteiger partial charge is 0.255 e. The molecule has 3 aromatic carbocycles. The summed E-state index contributed by atoms with van der Waals surface area (Å²) in [5.41, 5.74) is 3.15. The SMILES string of the molecule is CC(C)[C@@H]1NC(=O)c2cc(ccc2O)Oc2ccc(cc2)C[C@@H](C(=O)N2CCC(C(=O)N3CCc4ccccc4C3)CC2)NC(=O)[C@H](C)NC1=O. The molecular weight excluding hydrogens is 650 g/mol. The minimum atomic E-state index is -1.03. The molecule has 0 saturated carbocycles. The number of carbonyl (C=O) groups is 5. The highest BCUT2D eigenvalue weighted by molar-refractivity contribution is 6.00. The molecule has 1 fully saturated rings. The van der Waals surface area contributed by atoms with Crippen molar-refractivity contribution < 1.29 is 33.8 Å². The van der Waals surface area contributed by atoms with Crippen molar-refractivity contribution in [3.8, 4) is 17.2 Å². The van der Waals surface area contributed by atoms with E-state index in [1.807, 2.05) is 17.0 Å². The van der Waals surface area contributed by atoms with Crippen molar-refractivity contribution in [1.82, 2.24) is 25.8 Å². The van der Waals surface area contributed by atoms with Gasteiger partial charge in [0.15, 0.2) is 0 Å². The number of aromatic hydroxyl groups is 1. The molecule has 4 aliphatic rings. The van der Waals surface area contributed by atoms with Gasteiger partial charge in [0.05, 0.1) is 5.56 Å². The van der Waals surface area contributed by atoms with E-state index in [-0.39, 0.29) is 41.4 Å². The first-order valence-corrected chi connectivity index (χ1v) is 17.6. The lowest BCUT2D eigenvalue weighted by Crippen LogP contribution is -2.58. The minimum absolute atomic E-state index is 0.0681. The summed E-state index contributed by atoms with van der Waals surface area (Å²) in [6.45, 7) is 7.07. The van der Waals surface area contributed by atoms with Gasteiger partial charge in [-0.15, -0.1) is 0 Å². The van der Waals surface area contributed by atoms with Gasteiger partial charge in [0.25, 0.3) is 5.91 Å². The summed E-state index contributed by atoms with van der Waals surface area (Å²) in [6.07, 6.45) is 2.08. The minimum Gasteiger partial charge on any atom is -0.507 e. The summed E-state index contributed by atoms with van der Waals surface area (Å²) >= 11 is 0. The Kier molecular flexibility index (Phi) is 10.6. The van der Waals surface area contributed by atoms with Crippen LogP contribution in [0.2, 0.25) is 0 Å². The Morgan fingerprint density at radius 1 is 0.804 bits per heavy atom. The molecule has 12 nitrogen and oxygen atoms in total. The lowest BCUT2D eigenvalue weighted by atomic mass is 9.92. The number of fused-ring (bicyclic) bond motifs is 12. The molecule has 0 aromatic heterocycles. The summed E-state index contributed by atoms with van der Waals surface area (Å²) in [7, 11) is 0. The van der Waals surface area contributed by atoms with Gasteiger partial charge < -0.3 is 35.6 Å². The predicted octanol–water partition coefficient (Wildman–Crippen LogP) is 3.31. The Labute approximate surface area is 297 Å². The fourth-order valence-electron chi connectivity index (χ4n) is 6.95. The van der Waals surface area contributed by atoms with Crippen LogP contribution in [0.15, 0.2) is 66.7 Å². The first-order valence-electron chi connectivity index (χ1n) is 17.6. The standard InChI is InChI=1S/C39H45N5O7/c1-23(2)34-37(48)40-24(3)35(46)41-32(20-25-8-10-29(11-9-25)51-30-12-13-33(45)31(21-30)36(47)42-34)39(50)43-17-15-27(16-18-43)38(49)44-19-14-26-6-4-5-7-28(26)22-44/h4-13,21,23-24,27,32,34,45H,14-20,22H2,1-3H3,(H,40,48)(H,41,46)(H,42,47)/t24-,32-,34-/m0/s1. The Morgan fingerprint density at radius 3 is 2.20 bits per heavy atom. The molecule has 0 spiro atoms. The second kappa shape index (κ2) is 15.2. The normalized spacial score (nSPS) is 21.8. The molecule has 4 N–H and O–H groups in total. The molecule has 51 heavy (non-hydrogen) atoms. The molecular formula is C39H45N5O7. The van der Waals surface area contributed by atoms with Crippen LogP contribution in [0.25, 0.3) is 0 Å². The highest BCUT2D eigenvalue weighted by atomic mass is 16.5. The summed E-state index contributed by atoms with van der Waals surface area (Å²) in [5.74, 6) is -2.03. The number of ether oxygens (including phenoxy) is 1. The molecule has 0 aliphatic carbocycles. The van der Waals surface area contributed by atoms with Crippen molar-refractivity contribution in [1.29, 1.82) is 0 Å². The summed E-state index contributed by atoms with van der Waals surface area (Å²) in [5, 5.41) is 18.6. The second-order valence-electron chi connectivity index (χ2n) is 14.0. The molecule has 4 aliphatic heterocycles. The molecule has 3 aromatic rings. The van der Waals surface area contributed by atoms with Crippen LogP contribution in [-0.2, 0) is 38.6 Å². The summed E-state index contributed by atoms with van der Waals surface area (Å²) in [6, 6.07) is 16.5. The zero-order valence-electron chi connectivity index (χ0n) is 29.2. The third-order valence-corrected chi connectivity index (χ3v) is 10.0. The van der Waals surface area contributed by atoms with Crippen LogP contribution in [-0.4, -0.2) is 82.2 Å². The number of rotatable bonds is 3. The maximum absolute atomic E-state index is 14.1. The monoisotopic (exact) mass is 695 g/mol. The number of piperidine rings is 1. The Morgan fingerprint density at radius 2 is 1.49 bits per heavy atom. The maximum atomic E-state index is 14.1. The molecule has 4 heterocycles. The third-order valence-electron chi connectivity index (χ3n) is 10.0. The quantitative estimate of drug-likeness (QED) is 0.307. The second-order valence-corrected chi connectivity index (χ2v) is 14.0. The lowest BCUT2D eigenvalue weighted by Gasteiger charge is -2.37. The van der Waals surface area contributed by atoms with Crippen LogP contribution in [0.4, 0.5) is 0 Å². The van der Waals surface area contributed by atoms with Gasteiger partial charge in [-0.05, 0) is 79.1 Å². The molecule has 12 heteroatoms. The van der Waals surface area contributed by atoms with Crippen LogP contribution in [0, 0.1) is 11.8 Å². The van der Waals surface area contributed by atoms with E-state index in [0.717, 1.165) is 12.0 Å². The largest absolute Gasteiger partial charge is 0.507 e. The van der Waals surface area contributed by atoms with E-state index in [4.69, 9.17) is 4.74 Å². The van der Waals surface area contributed by atoms with E-state index in [1.54, 1.807) is 43.0 Å². The number of benzene rings is 3. The fraction of sp³-hybridized carbons (Fsp3) is 0.410. The molecule has 1 saturated heterocycles. The van der Waals surface area contributed by atoms with Crippen LogP contribution < -0.4 is 20.7 Å². The number of nitrogens with zero attached hydrogens (tertiary/aromatic N) is 2. The zero-order chi connectivity index (χ0) is 36.2. The van der Waals surface area contributed by atoms with Gasteiger partial charge in [0, 0.05) is 38.5 Å². The predicted molar refractivity (Wildman–Crippen MR) is 189 cm³/mol. The maximum Gasteiger partial charge on any atom is 0.255 e. The molecule has 4 bridgehead atoms. The average Bonchev–Trinajstić information content (AvgIpc) is 3.13. The van der Waals surface area contributed by atoms with Gasteiger partial charge in [-0.2, -0.15) is 0 Å². The van der Waals surface area contributed by atoms with Crippen LogP contribution in [0.1, 0.15) is 60.7 Å². The number of likely N-dealkylation sites (tertiary alicyclic amines) is 1. The molecule has 0 radical (unpaired) electrons. The number of phenolic OH excluding ortho intramolecular Hbond substituents is 1. The van der Waals surface area contributed by atoms with Crippen molar-refractivity contribution in [2.45, 2.75) is 71.1 Å². The Bertz CT molecular complexity index is 1800. The molecule has 0 unspecified atom stereocenters. The van der Waals surface area contributed by atoms with Crippen molar-refractivity contribution in [3.05, 3.63) is 89.0 Å². The van der Waals surface area contributed by atoms with E-state index in [0.29, 0.717) is 50.5 Å².